The molecule has 1 aliphatic heterocycles. The maximum absolute atomic E-state index is 11.1. The predicted molar refractivity (Wildman–Crippen MR) is 70.4 cm³/mol. The third-order valence-electron chi connectivity index (χ3n) is 3.40. The molecule has 0 aromatic heterocycles. The van der Waals surface area contributed by atoms with Crippen molar-refractivity contribution in [2.75, 3.05) is 0 Å². The van der Waals surface area contributed by atoms with Gasteiger partial charge in [0.15, 0.2) is 0 Å². The molecule has 18 heavy (non-hydrogen) atoms. The van der Waals surface area contributed by atoms with Crippen molar-refractivity contribution in [3.8, 4) is 0 Å². The highest BCUT2D eigenvalue weighted by atomic mass is 16.6. The number of fused-ring (bicyclic) bond motifs is 3. The Labute approximate surface area is 105 Å². The Morgan fingerprint density at radius 3 is 2.89 bits per heavy atom. The molecule has 1 aliphatic carbocycles. The van der Waals surface area contributed by atoms with E-state index in [4.69, 9.17) is 0 Å². The molecule has 1 aromatic rings. The van der Waals surface area contributed by atoms with Crippen LogP contribution in [0.4, 0.5) is 5.69 Å². The molecule has 4 heteroatoms. The van der Waals surface area contributed by atoms with Crippen LogP contribution in [-0.2, 0) is 0 Å². The van der Waals surface area contributed by atoms with Crippen molar-refractivity contribution in [1.29, 1.82) is 0 Å². The van der Waals surface area contributed by atoms with Gasteiger partial charge in [0.25, 0.3) is 5.70 Å². The Kier molecular flexibility index (Phi) is 2.37. The van der Waals surface area contributed by atoms with Gasteiger partial charge in [-0.1, -0.05) is 31.2 Å². The van der Waals surface area contributed by atoms with Crippen molar-refractivity contribution in [2.45, 2.75) is 13.3 Å². The summed E-state index contributed by atoms with van der Waals surface area (Å²) in [6, 6.07) is 7.59. The lowest BCUT2D eigenvalue weighted by atomic mass is 9.86. The first-order valence-electron chi connectivity index (χ1n) is 5.97. The van der Waals surface area contributed by atoms with Crippen LogP contribution < -0.4 is 0 Å². The predicted octanol–water partition coefficient (Wildman–Crippen LogP) is 3.36. The van der Waals surface area contributed by atoms with Gasteiger partial charge >= 0.3 is 0 Å². The van der Waals surface area contributed by atoms with Gasteiger partial charge in [-0.2, -0.15) is 0 Å². The first-order valence-corrected chi connectivity index (χ1v) is 5.97. The van der Waals surface area contributed by atoms with Crippen molar-refractivity contribution in [2.24, 2.45) is 10.9 Å². The number of allylic oxidation sites excluding steroid dienone is 3. The van der Waals surface area contributed by atoms with Gasteiger partial charge in [0.1, 0.15) is 0 Å². The van der Waals surface area contributed by atoms with Crippen LogP contribution >= 0.6 is 0 Å². The van der Waals surface area contributed by atoms with Gasteiger partial charge in [-0.3, -0.25) is 15.1 Å². The maximum atomic E-state index is 11.1. The fraction of sp³-hybridized carbons (Fsp3) is 0.214. The molecule has 0 radical (unpaired) electrons. The lowest BCUT2D eigenvalue weighted by molar-refractivity contribution is -0.417. The van der Waals surface area contributed by atoms with E-state index < -0.39 is 0 Å². The fourth-order valence-corrected chi connectivity index (χ4v) is 2.51. The van der Waals surface area contributed by atoms with Gasteiger partial charge < -0.3 is 0 Å². The van der Waals surface area contributed by atoms with Crippen LogP contribution in [0.25, 0.3) is 5.57 Å². The molecule has 0 fully saturated rings. The zero-order valence-corrected chi connectivity index (χ0v) is 9.96. The van der Waals surface area contributed by atoms with Crippen LogP contribution in [0, 0.1) is 16.0 Å². The second kappa shape index (κ2) is 3.91. The molecule has 0 N–H and O–H groups in total. The highest BCUT2D eigenvalue weighted by Crippen LogP contribution is 2.42. The minimum atomic E-state index is -0.324. The number of benzene rings is 1. The first kappa shape index (κ1) is 10.9. The Morgan fingerprint density at radius 1 is 1.39 bits per heavy atom. The summed E-state index contributed by atoms with van der Waals surface area (Å²) in [4.78, 5) is 15.4. The average molecular weight is 240 g/mol. The second-order valence-corrected chi connectivity index (χ2v) is 4.41. The van der Waals surface area contributed by atoms with Gasteiger partial charge in [-0.15, -0.1) is 0 Å². The number of aliphatic imine (C=N–C) groups is 1. The molecule has 0 saturated heterocycles. The van der Waals surface area contributed by atoms with Gasteiger partial charge in [0.05, 0.1) is 21.9 Å². The SMILES string of the molecule is CCC1C=CC([N+](=O)[O-])=C2C1=Nc1ccccc12. The molecule has 3 rings (SSSR count). The minimum Gasteiger partial charge on any atom is -0.258 e. The summed E-state index contributed by atoms with van der Waals surface area (Å²) in [5.41, 5.74) is 3.41. The molecular formula is C14H12N2O2. The van der Waals surface area contributed by atoms with Gasteiger partial charge in [0, 0.05) is 17.6 Å². The molecule has 1 heterocycles. The Morgan fingerprint density at radius 2 is 2.17 bits per heavy atom. The van der Waals surface area contributed by atoms with E-state index in [0.717, 1.165) is 23.4 Å². The van der Waals surface area contributed by atoms with Crippen LogP contribution in [0.1, 0.15) is 18.9 Å². The monoisotopic (exact) mass is 240 g/mol. The number of nitrogens with zero attached hydrogens (tertiary/aromatic N) is 2. The summed E-state index contributed by atoms with van der Waals surface area (Å²) in [6.07, 6.45) is 4.40. The number of nitro groups is 1. The molecule has 0 spiro atoms. The standard InChI is InChI=1S/C14H12N2O2/c1-2-9-7-8-12(16(17)18)13-10-5-3-4-6-11(10)15-14(9)13/h3-9H,2H2,1H3. The topological polar surface area (TPSA) is 55.5 Å². The van der Waals surface area contributed by atoms with E-state index >= 15 is 0 Å². The van der Waals surface area contributed by atoms with E-state index in [-0.39, 0.29) is 16.5 Å². The minimum absolute atomic E-state index is 0.156. The number of rotatable bonds is 2. The quantitative estimate of drug-likeness (QED) is 0.588. The summed E-state index contributed by atoms with van der Waals surface area (Å²) in [5.74, 6) is 0.177. The van der Waals surface area contributed by atoms with E-state index in [1.54, 1.807) is 6.08 Å². The van der Waals surface area contributed by atoms with Crippen LogP contribution in [0.3, 0.4) is 0 Å². The molecule has 90 valence electrons. The van der Waals surface area contributed by atoms with E-state index in [1.165, 1.54) is 0 Å². The Bertz CT molecular complexity index is 626. The van der Waals surface area contributed by atoms with Crippen molar-refractivity contribution >= 4 is 17.0 Å². The van der Waals surface area contributed by atoms with Crippen LogP contribution in [0.5, 0.6) is 0 Å². The Balaban J connectivity index is 2.26. The molecule has 1 atom stereocenters. The molecule has 0 bridgehead atoms. The highest BCUT2D eigenvalue weighted by Gasteiger charge is 2.34. The highest BCUT2D eigenvalue weighted by molar-refractivity contribution is 6.31. The molecule has 4 nitrogen and oxygen atoms in total. The molecule has 0 amide bonds. The van der Waals surface area contributed by atoms with E-state index in [2.05, 4.69) is 11.9 Å². The van der Waals surface area contributed by atoms with Crippen LogP contribution in [0.15, 0.2) is 47.1 Å². The van der Waals surface area contributed by atoms with Crippen molar-refractivity contribution in [3.63, 3.8) is 0 Å². The normalized spacial score (nSPS) is 20.5. The van der Waals surface area contributed by atoms with Crippen LogP contribution in [0.2, 0.25) is 0 Å². The third kappa shape index (κ3) is 1.42. The average Bonchev–Trinajstić information content (AvgIpc) is 2.76. The number of para-hydroxylation sites is 1. The zero-order chi connectivity index (χ0) is 12.7. The first-order chi connectivity index (χ1) is 8.72. The van der Waals surface area contributed by atoms with E-state index in [0.29, 0.717) is 5.57 Å². The third-order valence-corrected chi connectivity index (χ3v) is 3.40. The molecule has 0 saturated carbocycles. The molecule has 1 aromatic carbocycles. The van der Waals surface area contributed by atoms with Crippen molar-refractivity contribution in [1.82, 2.24) is 0 Å². The molecule has 2 aliphatic rings. The van der Waals surface area contributed by atoms with Crippen LogP contribution in [-0.4, -0.2) is 10.6 Å². The smallest absolute Gasteiger partial charge is 0.258 e. The van der Waals surface area contributed by atoms with Crippen molar-refractivity contribution in [3.05, 3.63) is 57.8 Å². The van der Waals surface area contributed by atoms with Crippen molar-refractivity contribution < 1.29 is 4.92 Å². The molecule has 1 unspecified atom stereocenters. The zero-order valence-electron chi connectivity index (χ0n) is 9.96. The van der Waals surface area contributed by atoms with Gasteiger partial charge in [0.2, 0.25) is 0 Å². The number of hydrogen-bond acceptors (Lipinski definition) is 3. The Hall–Kier alpha value is -2.23. The van der Waals surface area contributed by atoms with E-state index in [9.17, 15) is 10.1 Å². The summed E-state index contributed by atoms with van der Waals surface area (Å²) >= 11 is 0. The van der Waals surface area contributed by atoms with E-state index in [1.807, 2.05) is 30.3 Å². The fourth-order valence-electron chi connectivity index (χ4n) is 2.51. The summed E-state index contributed by atoms with van der Waals surface area (Å²) in [5, 5.41) is 11.1. The summed E-state index contributed by atoms with van der Waals surface area (Å²) in [6.45, 7) is 2.06. The largest absolute Gasteiger partial charge is 0.278 e. The number of hydrogen-bond donors (Lipinski definition) is 0. The molecular weight excluding hydrogens is 228 g/mol. The van der Waals surface area contributed by atoms with Gasteiger partial charge in [-0.25, -0.2) is 0 Å². The lowest BCUT2D eigenvalue weighted by Gasteiger charge is -2.16. The maximum Gasteiger partial charge on any atom is 0.278 e. The summed E-state index contributed by atoms with van der Waals surface area (Å²) < 4.78 is 0. The van der Waals surface area contributed by atoms with Gasteiger partial charge in [-0.05, 0) is 12.5 Å². The summed E-state index contributed by atoms with van der Waals surface area (Å²) in [7, 11) is 0. The lowest BCUT2D eigenvalue weighted by Crippen LogP contribution is -2.18. The second-order valence-electron chi connectivity index (χ2n) is 4.41.